The van der Waals surface area contributed by atoms with Gasteiger partial charge in [-0.3, -0.25) is 19.2 Å². The summed E-state index contributed by atoms with van der Waals surface area (Å²) >= 11 is 0. The Morgan fingerprint density at radius 1 is 1.10 bits per heavy atom. The van der Waals surface area contributed by atoms with E-state index in [2.05, 4.69) is 10.6 Å². The number of anilines is 1. The topological polar surface area (TPSA) is 116 Å². The predicted octanol–water partition coefficient (Wildman–Crippen LogP) is 1.95. The largest absolute Gasteiger partial charge is 0.481 e. The monoisotopic (exact) mass is 409 g/mol. The molecule has 0 spiro atoms. The Morgan fingerprint density at radius 3 is 2.53 bits per heavy atom. The van der Waals surface area contributed by atoms with Crippen LogP contribution in [0.3, 0.4) is 0 Å². The van der Waals surface area contributed by atoms with Gasteiger partial charge in [-0.15, -0.1) is 0 Å². The number of carboxylic acid groups (broad SMARTS) is 1. The summed E-state index contributed by atoms with van der Waals surface area (Å²) in [6, 6.07) is 13.5. The Hall–Kier alpha value is -3.68. The first kappa shape index (κ1) is 21.0. The molecule has 8 heteroatoms. The molecule has 0 saturated heterocycles. The minimum absolute atomic E-state index is 0.0444. The van der Waals surface area contributed by atoms with Gasteiger partial charge in [0, 0.05) is 18.7 Å². The molecule has 2 aromatic carbocycles. The first-order chi connectivity index (χ1) is 14.4. The quantitative estimate of drug-likeness (QED) is 0.577. The maximum absolute atomic E-state index is 13.0. The molecule has 0 bridgehead atoms. The molecule has 1 aliphatic heterocycles. The molecular formula is C22H23N3O5. The Bertz CT molecular complexity index is 974. The van der Waals surface area contributed by atoms with E-state index in [4.69, 9.17) is 5.11 Å². The lowest BCUT2D eigenvalue weighted by Crippen LogP contribution is -2.45. The second-order valence-electron chi connectivity index (χ2n) is 7.05. The molecule has 1 heterocycles. The van der Waals surface area contributed by atoms with Gasteiger partial charge in [-0.25, -0.2) is 0 Å². The number of nitrogens with one attached hydrogen (secondary N) is 2. The minimum atomic E-state index is -0.933. The zero-order chi connectivity index (χ0) is 21.7. The van der Waals surface area contributed by atoms with Crippen LogP contribution in [-0.2, 0) is 16.1 Å². The van der Waals surface area contributed by atoms with Crippen LogP contribution in [0, 0.1) is 0 Å². The van der Waals surface area contributed by atoms with Crippen molar-refractivity contribution in [1.82, 2.24) is 10.6 Å². The summed E-state index contributed by atoms with van der Waals surface area (Å²) in [6.45, 7) is 2.11. The summed E-state index contributed by atoms with van der Waals surface area (Å²) < 4.78 is 0. The minimum Gasteiger partial charge on any atom is -0.481 e. The van der Waals surface area contributed by atoms with E-state index in [1.165, 1.54) is 6.92 Å². The Kier molecular flexibility index (Phi) is 6.46. The molecule has 1 atom stereocenters. The third-order valence-electron chi connectivity index (χ3n) is 4.86. The fourth-order valence-electron chi connectivity index (χ4n) is 3.31. The number of amides is 3. The van der Waals surface area contributed by atoms with Crippen molar-refractivity contribution in [3.05, 3.63) is 65.2 Å². The molecule has 0 fully saturated rings. The number of benzene rings is 2. The molecule has 3 rings (SSSR count). The molecule has 2 aromatic rings. The van der Waals surface area contributed by atoms with Crippen LogP contribution in [0.5, 0.6) is 0 Å². The smallest absolute Gasteiger partial charge is 0.303 e. The number of rotatable bonds is 8. The fourth-order valence-corrected chi connectivity index (χ4v) is 3.31. The lowest BCUT2D eigenvalue weighted by Gasteiger charge is -2.16. The van der Waals surface area contributed by atoms with Gasteiger partial charge in [0.2, 0.25) is 5.91 Å². The van der Waals surface area contributed by atoms with Gasteiger partial charge in [-0.2, -0.15) is 0 Å². The second kappa shape index (κ2) is 9.21. The van der Waals surface area contributed by atoms with Crippen LogP contribution < -0.4 is 15.5 Å². The van der Waals surface area contributed by atoms with Crippen LogP contribution in [0.15, 0.2) is 48.5 Å². The standard InChI is InChI=1S/C22H23N3O5/c1-14(20(28)23-12-6-11-18(26)27)24-21(29)17-10-5-7-15-13-25(22(30)19(15)17)16-8-3-2-4-9-16/h2-5,7-10,14H,6,11-13H2,1H3,(H,23,28)(H,24,29)(H,26,27). The van der Waals surface area contributed by atoms with E-state index in [9.17, 15) is 19.2 Å². The predicted molar refractivity (Wildman–Crippen MR) is 110 cm³/mol. The highest BCUT2D eigenvalue weighted by Crippen LogP contribution is 2.30. The summed E-state index contributed by atoms with van der Waals surface area (Å²) in [5.74, 6) is -2.12. The Morgan fingerprint density at radius 2 is 1.83 bits per heavy atom. The Labute approximate surface area is 173 Å². The van der Waals surface area contributed by atoms with Crippen LogP contribution in [0.25, 0.3) is 0 Å². The molecule has 156 valence electrons. The van der Waals surface area contributed by atoms with Crippen molar-refractivity contribution in [2.45, 2.75) is 32.4 Å². The van der Waals surface area contributed by atoms with Crippen LogP contribution in [0.1, 0.15) is 46.0 Å². The van der Waals surface area contributed by atoms with E-state index < -0.39 is 23.8 Å². The van der Waals surface area contributed by atoms with E-state index in [1.807, 2.05) is 36.4 Å². The van der Waals surface area contributed by atoms with Crippen LogP contribution >= 0.6 is 0 Å². The van der Waals surface area contributed by atoms with E-state index in [0.29, 0.717) is 18.5 Å². The highest BCUT2D eigenvalue weighted by molar-refractivity contribution is 6.16. The first-order valence-corrected chi connectivity index (χ1v) is 9.67. The molecule has 1 aliphatic rings. The van der Waals surface area contributed by atoms with Crippen LogP contribution in [-0.4, -0.2) is 41.4 Å². The average Bonchev–Trinajstić information content (AvgIpc) is 3.08. The zero-order valence-corrected chi connectivity index (χ0v) is 16.6. The van der Waals surface area contributed by atoms with E-state index in [1.54, 1.807) is 17.0 Å². The number of nitrogens with zero attached hydrogens (tertiary/aromatic N) is 1. The van der Waals surface area contributed by atoms with E-state index in [0.717, 1.165) is 11.3 Å². The molecule has 0 aliphatic carbocycles. The number of aliphatic carboxylic acids is 1. The highest BCUT2D eigenvalue weighted by atomic mass is 16.4. The van der Waals surface area contributed by atoms with Crippen LogP contribution in [0.2, 0.25) is 0 Å². The summed E-state index contributed by atoms with van der Waals surface area (Å²) in [5.41, 5.74) is 2.07. The molecule has 3 amide bonds. The highest BCUT2D eigenvalue weighted by Gasteiger charge is 2.33. The number of para-hydroxylation sites is 1. The summed E-state index contributed by atoms with van der Waals surface area (Å²) in [5, 5.41) is 13.8. The van der Waals surface area contributed by atoms with Gasteiger partial charge in [0.05, 0.1) is 17.7 Å². The molecule has 1 unspecified atom stereocenters. The van der Waals surface area contributed by atoms with Crippen molar-refractivity contribution in [2.75, 3.05) is 11.4 Å². The van der Waals surface area contributed by atoms with Crippen molar-refractivity contribution in [1.29, 1.82) is 0 Å². The molecule has 30 heavy (non-hydrogen) atoms. The third-order valence-corrected chi connectivity index (χ3v) is 4.86. The number of fused-ring (bicyclic) bond motifs is 1. The normalized spacial score (nSPS) is 13.5. The Balaban J connectivity index is 1.67. The molecule has 0 aromatic heterocycles. The number of carbonyl (C=O) groups excluding carboxylic acids is 3. The molecule has 0 saturated carbocycles. The average molecular weight is 409 g/mol. The zero-order valence-electron chi connectivity index (χ0n) is 16.6. The van der Waals surface area contributed by atoms with Crippen molar-refractivity contribution in [3.63, 3.8) is 0 Å². The van der Waals surface area contributed by atoms with Gasteiger partial charge < -0.3 is 20.6 Å². The SMILES string of the molecule is CC(NC(=O)c1cccc2c1C(=O)N(c1ccccc1)C2)C(=O)NCCCC(=O)O. The van der Waals surface area contributed by atoms with E-state index in [-0.39, 0.29) is 24.4 Å². The first-order valence-electron chi connectivity index (χ1n) is 9.67. The van der Waals surface area contributed by atoms with E-state index >= 15 is 0 Å². The van der Waals surface area contributed by atoms with Crippen LogP contribution in [0.4, 0.5) is 5.69 Å². The summed E-state index contributed by atoms with van der Waals surface area (Å²) in [4.78, 5) is 50.0. The van der Waals surface area contributed by atoms with Crippen molar-refractivity contribution >= 4 is 29.4 Å². The van der Waals surface area contributed by atoms with Crippen molar-refractivity contribution in [2.24, 2.45) is 0 Å². The maximum atomic E-state index is 13.0. The lowest BCUT2D eigenvalue weighted by atomic mass is 10.0. The van der Waals surface area contributed by atoms with Gasteiger partial charge in [-0.05, 0) is 37.1 Å². The number of carboxylic acids is 1. The lowest BCUT2D eigenvalue weighted by molar-refractivity contribution is -0.137. The van der Waals surface area contributed by atoms with Gasteiger partial charge in [-0.1, -0.05) is 30.3 Å². The second-order valence-corrected chi connectivity index (χ2v) is 7.05. The molecule has 3 N–H and O–H groups in total. The fraction of sp³-hybridized carbons (Fsp3) is 0.273. The summed E-state index contributed by atoms with van der Waals surface area (Å²) in [7, 11) is 0. The molecule has 8 nitrogen and oxygen atoms in total. The van der Waals surface area contributed by atoms with Gasteiger partial charge in [0.25, 0.3) is 11.8 Å². The van der Waals surface area contributed by atoms with Gasteiger partial charge >= 0.3 is 5.97 Å². The molecular weight excluding hydrogens is 386 g/mol. The van der Waals surface area contributed by atoms with Gasteiger partial charge in [0.15, 0.2) is 0 Å². The molecule has 0 radical (unpaired) electrons. The summed E-state index contributed by atoms with van der Waals surface area (Å²) in [6.07, 6.45) is 0.259. The van der Waals surface area contributed by atoms with Crippen molar-refractivity contribution < 1.29 is 24.3 Å². The van der Waals surface area contributed by atoms with Crippen molar-refractivity contribution in [3.8, 4) is 0 Å². The number of hydrogen-bond donors (Lipinski definition) is 3. The third kappa shape index (κ3) is 4.65. The maximum Gasteiger partial charge on any atom is 0.303 e. The number of carbonyl (C=O) groups is 4. The number of hydrogen-bond acceptors (Lipinski definition) is 4. The van der Waals surface area contributed by atoms with Gasteiger partial charge in [0.1, 0.15) is 6.04 Å².